The average Bonchev–Trinajstić information content (AvgIpc) is 2.55. The molecule has 1 aliphatic heterocycles. The zero-order valence-electron chi connectivity index (χ0n) is 10.1. The van der Waals surface area contributed by atoms with Crippen molar-refractivity contribution >= 4 is 46.2 Å². The number of likely N-dealkylation sites (tertiary alicyclic amines) is 1. The Morgan fingerprint density at radius 3 is 2.11 bits per heavy atom. The standard InChI is InChI=1S/C13H16Cl2N2S/c14-10-7-11(15)9-12(8-10)16-13(18)17-5-3-1-2-4-6-17/h7-9H,1-6H2,(H,16,18). The summed E-state index contributed by atoms with van der Waals surface area (Å²) >= 11 is 17.4. The second-order valence-corrected chi connectivity index (χ2v) is 5.75. The second kappa shape index (κ2) is 6.60. The van der Waals surface area contributed by atoms with E-state index < -0.39 is 0 Å². The molecule has 1 heterocycles. The van der Waals surface area contributed by atoms with Gasteiger partial charge in [-0.1, -0.05) is 36.0 Å². The molecule has 1 aromatic rings. The van der Waals surface area contributed by atoms with Crippen LogP contribution in [0.3, 0.4) is 0 Å². The minimum absolute atomic E-state index is 0.615. The lowest BCUT2D eigenvalue weighted by Crippen LogP contribution is -2.35. The first kappa shape index (κ1) is 13.9. The molecule has 0 spiro atoms. The number of benzene rings is 1. The zero-order valence-corrected chi connectivity index (χ0v) is 12.4. The Hall–Kier alpha value is -0.510. The number of hydrogen-bond donors (Lipinski definition) is 1. The average molecular weight is 303 g/mol. The number of nitrogens with one attached hydrogen (secondary N) is 1. The molecule has 5 heteroatoms. The Bertz CT molecular complexity index is 409. The van der Waals surface area contributed by atoms with E-state index in [-0.39, 0.29) is 0 Å². The van der Waals surface area contributed by atoms with Gasteiger partial charge in [-0.2, -0.15) is 0 Å². The van der Waals surface area contributed by atoms with Gasteiger partial charge in [0.2, 0.25) is 0 Å². The molecule has 0 aliphatic carbocycles. The molecule has 0 bridgehead atoms. The highest BCUT2D eigenvalue weighted by molar-refractivity contribution is 7.80. The smallest absolute Gasteiger partial charge is 0.173 e. The number of halogens is 2. The summed E-state index contributed by atoms with van der Waals surface area (Å²) < 4.78 is 0. The number of rotatable bonds is 1. The summed E-state index contributed by atoms with van der Waals surface area (Å²) in [4.78, 5) is 2.22. The monoisotopic (exact) mass is 302 g/mol. The van der Waals surface area contributed by atoms with Crippen molar-refractivity contribution in [1.29, 1.82) is 0 Å². The quantitative estimate of drug-likeness (QED) is 0.765. The SMILES string of the molecule is S=C(Nc1cc(Cl)cc(Cl)c1)N1CCCCCC1. The van der Waals surface area contributed by atoms with E-state index in [4.69, 9.17) is 35.4 Å². The molecule has 0 unspecified atom stereocenters. The third kappa shape index (κ3) is 4.01. The Balaban J connectivity index is 2.01. The van der Waals surface area contributed by atoms with Gasteiger partial charge in [-0.3, -0.25) is 0 Å². The lowest BCUT2D eigenvalue weighted by Gasteiger charge is -2.24. The van der Waals surface area contributed by atoms with Crippen LogP contribution in [0, 0.1) is 0 Å². The van der Waals surface area contributed by atoms with Crippen LogP contribution in [-0.4, -0.2) is 23.1 Å². The van der Waals surface area contributed by atoms with Crippen LogP contribution in [0.2, 0.25) is 10.0 Å². The highest BCUT2D eigenvalue weighted by Gasteiger charge is 2.12. The van der Waals surface area contributed by atoms with Gasteiger partial charge in [-0.25, -0.2) is 0 Å². The van der Waals surface area contributed by atoms with Gasteiger partial charge >= 0.3 is 0 Å². The van der Waals surface area contributed by atoms with Crippen LogP contribution < -0.4 is 5.32 Å². The predicted octanol–water partition coefficient (Wildman–Crippen LogP) is 4.57. The lowest BCUT2D eigenvalue weighted by molar-refractivity contribution is 0.441. The van der Waals surface area contributed by atoms with Crippen LogP contribution >= 0.6 is 35.4 Å². The largest absolute Gasteiger partial charge is 0.349 e. The minimum atomic E-state index is 0.615. The van der Waals surface area contributed by atoms with Crippen molar-refractivity contribution in [1.82, 2.24) is 4.90 Å². The molecule has 0 radical (unpaired) electrons. The van der Waals surface area contributed by atoms with Crippen LogP contribution in [-0.2, 0) is 0 Å². The third-order valence-electron chi connectivity index (χ3n) is 3.01. The van der Waals surface area contributed by atoms with E-state index in [1.165, 1.54) is 25.7 Å². The summed E-state index contributed by atoms with van der Waals surface area (Å²) in [5.74, 6) is 0. The van der Waals surface area contributed by atoms with Crippen LogP contribution in [0.1, 0.15) is 25.7 Å². The number of nitrogens with zero attached hydrogens (tertiary/aromatic N) is 1. The Labute approximate surface area is 123 Å². The van der Waals surface area contributed by atoms with Gasteiger partial charge in [-0.05, 0) is 43.3 Å². The van der Waals surface area contributed by atoms with Crippen LogP contribution in [0.4, 0.5) is 5.69 Å². The Morgan fingerprint density at radius 1 is 1.00 bits per heavy atom. The van der Waals surface area contributed by atoms with Crippen molar-refractivity contribution in [3.63, 3.8) is 0 Å². The Kier molecular flexibility index (Phi) is 5.10. The molecular weight excluding hydrogens is 287 g/mol. The van der Waals surface area contributed by atoms with Gasteiger partial charge in [0, 0.05) is 28.8 Å². The van der Waals surface area contributed by atoms with E-state index in [0.717, 1.165) is 23.9 Å². The molecule has 0 atom stereocenters. The van der Waals surface area contributed by atoms with E-state index in [9.17, 15) is 0 Å². The maximum absolute atomic E-state index is 5.96. The molecular formula is C13H16Cl2N2S. The van der Waals surface area contributed by atoms with Crippen molar-refractivity contribution in [3.05, 3.63) is 28.2 Å². The molecule has 1 fully saturated rings. The summed E-state index contributed by atoms with van der Waals surface area (Å²) in [6.45, 7) is 2.06. The van der Waals surface area contributed by atoms with Crippen LogP contribution in [0.5, 0.6) is 0 Å². The molecule has 2 nitrogen and oxygen atoms in total. The normalized spacial score (nSPS) is 16.2. The maximum Gasteiger partial charge on any atom is 0.173 e. The summed E-state index contributed by atoms with van der Waals surface area (Å²) in [7, 11) is 0. The fourth-order valence-corrected chi connectivity index (χ4v) is 2.93. The van der Waals surface area contributed by atoms with Crippen molar-refractivity contribution < 1.29 is 0 Å². The molecule has 98 valence electrons. The van der Waals surface area contributed by atoms with Crippen molar-refractivity contribution in [3.8, 4) is 0 Å². The van der Waals surface area contributed by atoms with Crippen molar-refractivity contribution in [2.75, 3.05) is 18.4 Å². The second-order valence-electron chi connectivity index (χ2n) is 4.49. The maximum atomic E-state index is 5.96. The highest BCUT2D eigenvalue weighted by Crippen LogP contribution is 2.23. The van der Waals surface area contributed by atoms with Gasteiger partial charge in [-0.15, -0.1) is 0 Å². The highest BCUT2D eigenvalue weighted by atomic mass is 35.5. The molecule has 18 heavy (non-hydrogen) atoms. The van der Waals surface area contributed by atoms with Gasteiger partial charge in [0.15, 0.2) is 5.11 Å². The van der Waals surface area contributed by atoms with Crippen LogP contribution in [0.15, 0.2) is 18.2 Å². The zero-order chi connectivity index (χ0) is 13.0. The van der Waals surface area contributed by atoms with E-state index >= 15 is 0 Å². The number of hydrogen-bond acceptors (Lipinski definition) is 1. The predicted molar refractivity (Wildman–Crippen MR) is 82.7 cm³/mol. The van der Waals surface area contributed by atoms with E-state index in [0.29, 0.717) is 10.0 Å². The summed E-state index contributed by atoms with van der Waals surface area (Å²) in [5.41, 5.74) is 0.849. The van der Waals surface area contributed by atoms with E-state index in [1.54, 1.807) is 6.07 Å². The fraction of sp³-hybridized carbons (Fsp3) is 0.462. The number of thiocarbonyl (C=S) groups is 1. The molecule has 1 N–H and O–H groups in total. The molecule has 1 aliphatic rings. The van der Waals surface area contributed by atoms with E-state index in [2.05, 4.69) is 10.2 Å². The third-order valence-corrected chi connectivity index (χ3v) is 3.80. The molecule has 0 amide bonds. The molecule has 0 aromatic heterocycles. The minimum Gasteiger partial charge on any atom is -0.349 e. The van der Waals surface area contributed by atoms with Gasteiger partial charge in [0.1, 0.15) is 0 Å². The molecule has 1 saturated heterocycles. The van der Waals surface area contributed by atoms with Crippen LogP contribution in [0.25, 0.3) is 0 Å². The summed E-state index contributed by atoms with van der Waals surface area (Å²) in [5, 5.41) is 5.20. The molecule has 1 aromatic carbocycles. The lowest BCUT2D eigenvalue weighted by atomic mass is 10.2. The molecule has 2 rings (SSSR count). The van der Waals surface area contributed by atoms with Gasteiger partial charge in [0.25, 0.3) is 0 Å². The van der Waals surface area contributed by atoms with E-state index in [1.807, 2.05) is 12.1 Å². The first-order chi connectivity index (χ1) is 8.65. The van der Waals surface area contributed by atoms with Crippen molar-refractivity contribution in [2.24, 2.45) is 0 Å². The fourth-order valence-electron chi connectivity index (χ4n) is 2.10. The summed E-state index contributed by atoms with van der Waals surface area (Å²) in [6.07, 6.45) is 5.00. The van der Waals surface area contributed by atoms with Gasteiger partial charge < -0.3 is 10.2 Å². The number of anilines is 1. The molecule has 0 saturated carbocycles. The first-order valence-corrected chi connectivity index (χ1v) is 7.33. The topological polar surface area (TPSA) is 15.3 Å². The first-order valence-electron chi connectivity index (χ1n) is 6.17. The summed E-state index contributed by atoms with van der Waals surface area (Å²) in [6, 6.07) is 5.37. The van der Waals surface area contributed by atoms with Crippen molar-refractivity contribution in [2.45, 2.75) is 25.7 Å². The Morgan fingerprint density at radius 2 is 1.56 bits per heavy atom. The van der Waals surface area contributed by atoms with Gasteiger partial charge in [0.05, 0.1) is 0 Å².